The molecule has 9 heteroatoms. The number of methoxy groups -OCH3 is 3. The normalized spacial score (nSPS) is 16.4. The number of ketones is 1. The van der Waals surface area contributed by atoms with Gasteiger partial charge in [-0.05, 0) is 42.3 Å². The van der Waals surface area contributed by atoms with Crippen molar-refractivity contribution in [2.45, 2.75) is 19.4 Å². The molecular formula is C29H28ClNO7. The minimum atomic E-state index is -0.974. The third-order valence-electron chi connectivity index (χ3n) is 6.15. The molecule has 8 nitrogen and oxygen atoms in total. The molecule has 3 aromatic carbocycles. The lowest BCUT2D eigenvalue weighted by molar-refractivity contribution is -0.132. The maximum Gasteiger partial charge on any atom is 0.300 e. The average molecular weight is 538 g/mol. The zero-order valence-corrected chi connectivity index (χ0v) is 22.2. The molecule has 4 rings (SSSR count). The molecule has 0 aromatic heterocycles. The summed E-state index contributed by atoms with van der Waals surface area (Å²) in [6.45, 7) is 2.50. The molecular weight excluding hydrogens is 510 g/mol. The highest BCUT2D eigenvalue weighted by atomic mass is 35.5. The van der Waals surface area contributed by atoms with Gasteiger partial charge < -0.3 is 24.1 Å². The number of nitrogens with zero attached hydrogens (tertiary/aromatic N) is 1. The van der Waals surface area contributed by atoms with Gasteiger partial charge in [0.05, 0.1) is 50.1 Å². The van der Waals surface area contributed by atoms with Crippen molar-refractivity contribution in [1.82, 2.24) is 0 Å². The number of carbonyl (C=O) groups is 2. The Morgan fingerprint density at radius 1 is 0.921 bits per heavy atom. The SMILES string of the molecule is CCCOc1cccc(C2/C(=C(\O)c3cc(Cl)c(OC)cc3OC)C(=O)C(=O)N2c2cccc(OC)c2)c1. The minimum absolute atomic E-state index is 0.120. The molecule has 0 radical (unpaired) electrons. The zero-order valence-electron chi connectivity index (χ0n) is 21.5. The molecule has 0 saturated carbocycles. The van der Waals surface area contributed by atoms with E-state index in [0.717, 1.165) is 6.42 Å². The van der Waals surface area contributed by atoms with Gasteiger partial charge in [-0.15, -0.1) is 0 Å². The molecule has 1 saturated heterocycles. The first-order valence-corrected chi connectivity index (χ1v) is 12.3. The maximum absolute atomic E-state index is 13.5. The van der Waals surface area contributed by atoms with Gasteiger partial charge in [-0.3, -0.25) is 14.5 Å². The number of halogens is 1. The van der Waals surface area contributed by atoms with E-state index in [9.17, 15) is 14.7 Å². The van der Waals surface area contributed by atoms with Crippen molar-refractivity contribution < 1.29 is 33.6 Å². The van der Waals surface area contributed by atoms with Crippen molar-refractivity contribution in [3.63, 3.8) is 0 Å². The molecule has 1 aliphatic heterocycles. The van der Waals surface area contributed by atoms with Crippen molar-refractivity contribution in [3.05, 3.63) is 82.4 Å². The molecule has 0 aliphatic carbocycles. The van der Waals surface area contributed by atoms with Crippen LogP contribution in [0.4, 0.5) is 5.69 Å². The quantitative estimate of drug-likeness (QED) is 0.210. The van der Waals surface area contributed by atoms with Gasteiger partial charge >= 0.3 is 0 Å². The van der Waals surface area contributed by atoms with Gasteiger partial charge in [-0.2, -0.15) is 0 Å². The predicted molar refractivity (Wildman–Crippen MR) is 145 cm³/mol. The second kappa shape index (κ2) is 11.5. The summed E-state index contributed by atoms with van der Waals surface area (Å²) in [5.41, 5.74) is 1.02. The number of benzene rings is 3. The summed E-state index contributed by atoms with van der Waals surface area (Å²) in [4.78, 5) is 28.4. The standard InChI is InChI=1S/C29H28ClNO7/c1-5-12-38-20-11-6-8-17(13-20)26-25(27(32)21-15-22(30)24(37-4)16-23(21)36-3)28(33)29(34)31(26)18-9-7-10-19(14-18)35-2/h6-11,13-16,26,32H,5,12H2,1-4H3/b27-25+. The van der Waals surface area contributed by atoms with Crippen LogP contribution in [0.5, 0.6) is 23.0 Å². The Hall–Kier alpha value is -4.17. The monoisotopic (exact) mass is 537 g/mol. The summed E-state index contributed by atoms with van der Waals surface area (Å²) in [6, 6.07) is 15.9. The van der Waals surface area contributed by atoms with Crippen LogP contribution in [-0.2, 0) is 9.59 Å². The lowest BCUT2D eigenvalue weighted by Crippen LogP contribution is -2.29. The van der Waals surface area contributed by atoms with Gasteiger partial charge in [-0.25, -0.2) is 0 Å². The summed E-state index contributed by atoms with van der Waals surface area (Å²) in [5, 5.41) is 11.8. The molecule has 3 aromatic rings. The summed E-state index contributed by atoms with van der Waals surface area (Å²) >= 11 is 6.35. The van der Waals surface area contributed by atoms with Crippen LogP contribution in [0.1, 0.15) is 30.5 Å². The van der Waals surface area contributed by atoms with Crippen molar-refractivity contribution in [2.75, 3.05) is 32.8 Å². The molecule has 1 amide bonds. The Bertz CT molecular complexity index is 1400. The summed E-state index contributed by atoms with van der Waals surface area (Å²) < 4.78 is 21.9. The first-order chi connectivity index (χ1) is 18.3. The van der Waals surface area contributed by atoms with Crippen LogP contribution in [0.3, 0.4) is 0 Å². The van der Waals surface area contributed by atoms with E-state index >= 15 is 0 Å². The number of anilines is 1. The van der Waals surface area contributed by atoms with E-state index < -0.39 is 23.5 Å². The van der Waals surface area contributed by atoms with Crippen LogP contribution in [0.2, 0.25) is 5.02 Å². The molecule has 1 atom stereocenters. The second-order valence-electron chi connectivity index (χ2n) is 8.48. The minimum Gasteiger partial charge on any atom is -0.507 e. The van der Waals surface area contributed by atoms with Gasteiger partial charge in [0, 0.05) is 17.8 Å². The summed E-state index contributed by atoms with van der Waals surface area (Å²) in [5.74, 6) is -0.464. The molecule has 38 heavy (non-hydrogen) atoms. The van der Waals surface area contributed by atoms with E-state index in [2.05, 4.69) is 0 Å². The van der Waals surface area contributed by atoms with Crippen LogP contribution in [0.25, 0.3) is 5.76 Å². The van der Waals surface area contributed by atoms with Gasteiger partial charge in [0.25, 0.3) is 11.7 Å². The van der Waals surface area contributed by atoms with Crippen molar-refractivity contribution in [1.29, 1.82) is 0 Å². The van der Waals surface area contributed by atoms with Gasteiger partial charge in [0.15, 0.2) is 0 Å². The molecule has 1 fully saturated rings. The second-order valence-corrected chi connectivity index (χ2v) is 8.89. The van der Waals surface area contributed by atoms with E-state index in [1.165, 1.54) is 38.4 Å². The lowest BCUT2D eigenvalue weighted by atomic mass is 9.94. The molecule has 0 bridgehead atoms. The molecule has 198 valence electrons. The largest absolute Gasteiger partial charge is 0.507 e. The Balaban J connectivity index is 1.97. The maximum atomic E-state index is 13.5. The van der Waals surface area contributed by atoms with Crippen LogP contribution in [0.15, 0.2) is 66.2 Å². The van der Waals surface area contributed by atoms with Crippen molar-refractivity contribution >= 4 is 34.7 Å². The van der Waals surface area contributed by atoms with Crippen LogP contribution >= 0.6 is 11.6 Å². The number of aliphatic hydroxyl groups excluding tert-OH is 1. The third kappa shape index (κ3) is 4.99. The first kappa shape index (κ1) is 26.9. The number of rotatable bonds is 9. The Morgan fingerprint density at radius 2 is 1.63 bits per heavy atom. The fourth-order valence-corrected chi connectivity index (χ4v) is 4.60. The number of Topliss-reactive ketones (excluding diaryl/α,β-unsaturated/α-hetero) is 1. The summed E-state index contributed by atoms with van der Waals surface area (Å²) in [7, 11) is 4.38. The van der Waals surface area contributed by atoms with Gasteiger partial charge in [-0.1, -0.05) is 36.7 Å². The molecule has 1 unspecified atom stereocenters. The highest BCUT2D eigenvalue weighted by molar-refractivity contribution is 6.51. The van der Waals surface area contributed by atoms with Crippen molar-refractivity contribution in [2.24, 2.45) is 0 Å². The molecule has 1 N–H and O–H groups in total. The lowest BCUT2D eigenvalue weighted by Gasteiger charge is -2.26. The fourth-order valence-electron chi connectivity index (χ4n) is 4.36. The smallest absolute Gasteiger partial charge is 0.300 e. The van der Waals surface area contributed by atoms with Crippen LogP contribution in [-0.4, -0.2) is 44.7 Å². The highest BCUT2D eigenvalue weighted by Crippen LogP contribution is 2.45. The zero-order chi connectivity index (χ0) is 27.4. The summed E-state index contributed by atoms with van der Waals surface area (Å²) in [6.07, 6.45) is 0.810. The third-order valence-corrected chi connectivity index (χ3v) is 6.45. The number of ether oxygens (including phenoxy) is 4. The molecule has 1 heterocycles. The molecule has 0 spiro atoms. The topological polar surface area (TPSA) is 94.5 Å². The fraction of sp³-hybridized carbons (Fsp3) is 0.241. The average Bonchev–Trinajstić information content (AvgIpc) is 3.21. The number of hydrogen-bond donors (Lipinski definition) is 1. The van der Waals surface area contributed by atoms with Crippen LogP contribution < -0.4 is 23.8 Å². The Kier molecular flexibility index (Phi) is 8.12. The van der Waals surface area contributed by atoms with E-state index in [1.807, 2.05) is 6.92 Å². The molecule has 1 aliphatic rings. The predicted octanol–water partition coefficient (Wildman–Crippen LogP) is 5.78. The Morgan fingerprint density at radius 3 is 2.32 bits per heavy atom. The van der Waals surface area contributed by atoms with Gasteiger partial charge in [0.2, 0.25) is 0 Å². The van der Waals surface area contributed by atoms with E-state index in [-0.39, 0.29) is 21.9 Å². The Labute approximate surface area is 225 Å². The van der Waals surface area contributed by atoms with Crippen molar-refractivity contribution in [3.8, 4) is 23.0 Å². The van der Waals surface area contributed by atoms with Crippen LogP contribution in [0, 0.1) is 0 Å². The number of aliphatic hydroxyl groups is 1. The first-order valence-electron chi connectivity index (χ1n) is 11.9. The van der Waals surface area contributed by atoms with E-state index in [1.54, 1.807) is 48.5 Å². The highest BCUT2D eigenvalue weighted by Gasteiger charge is 2.47. The number of hydrogen-bond acceptors (Lipinski definition) is 7. The van der Waals surface area contributed by atoms with E-state index in [4.69, 9.17) is 30.5 Å². The van der Waals surface area contributed by atoms with Gasteiger partial charge in [0.1, 0.15) is 28.8 Å². The number of carbonyl (C=O) groups excluding carboxylic acids is 2. The van der Waals surface area contributed by atoms with E-state index in [0.29, 0.717) is 35.1 Å². The number of amides is 1.